The summed E-state index contributed by atoms with van der Waals surface area (Å²) in [7, 11) is 0. The van der Waals surface area contributed by atoms with Crippen molar-refractivity contribution in [2.24, 2.45) is 0 Å². The number of aliphatic hydroxyl groups is 1. The van der Waals surface area contributed by atoms with E-state index in [1.807, 2.05) is 0 Å². The maximum absolute atomic E-state index is 11.8. The molecule has 0 bridgehead atoms. The van der Waals surface area contributed by atoms with Gasteiger partial charge >= 0.3 is 0 Å². The van der Waals surface area contributed by atoms with E-state index in [0.29, 0.717) is 29.6 Å². The summed E-state index contributed by atoms with van der Waals surface area (Å²) in [5, 5.41) is 10.3. The monoisotopic (exact) mass is 285 g/mol. The number of aliphatic hydroxyl groups excluding tert-OH is 1. The molecule has 18 heavy (non-hydrogen) atoms. The number of hydrogen-bond acceptors (Lipinski definition) is 2. The second-order valence-electron chi connectivity index (χ2n) is 4.23. The number of halogens is 2. The van der Waals surface area contributed by atoms with E-state index in [4.69, 9.17) is 23.2 Å². The van der Waals surface area contributed by atoms with Crippen molar-refractivity contribution in [1.29, 1.82) is 0 Å². The molecule has 5 heteroatoms. The molecule has 1 saturated heterocycles. The average Bonchev–Trinajstić information content (AvgIpc) is 2.77. The number of hydrogen-bond donors (Lipinski definition) is 1. The van der Waals surface area contributed by atoms with Gasteiger partial charge in [0.05, 0.1) is 16.1 Å². The van der Waals surface area contributed by atoms with E-state index < -0.39 is 6.10 Å². The highest BCUT2D eigenvalue weighted by Gasteiger charge is 2.22. The molecule has 1 aromatic carbocycles. The van der Waals surface area contributed by atoms with E-state index in [9.17, 15) is 9.90 Å². The van der Waals surface area contributed by atoms with Gasteiger partial charge in [-0.25, -0.2) is 0 Å². The van der Waals surface area contributed by atoms with Crippen LogP contribution in [0.5, 0.6) is 0 Å². The third-order valence-electron chi connectivity index (χ3n) is 2.84. The van der Waals surface area contributed by atoms with Crippen LogP contribution in [0.3, 0.4) is 0 Å². The van der Waals surface area contributed by atoms with Crippen LogP contribution in [0, 0.1) is 0 Å². The van der Waals surface area contributed by atoms with Crippen LogP contribution in [0.15, 0.2) is 24.3 Å². The molecule has 0 aliphatic carbocycles. The van der Waals surface area contributed by atoms with Gasteiger partial charge in [-0.2, -0.15) is 0 Å². The molecule has 0 radical (unpaired) electrons. The van der Waals surface area contributed by atoms with Crippen molar-refractivity contribution in [2.75, 3.05) is 13.1 Å². The van der Waals surface area contributed by atoms with Crippen molar-refractivity contribution in [2.45, 2.75) is 12.5 Å². The first-order chi connectivity index (χ1) is 8.56. The van der Waals surface area contributed by atoms with Gasteiger partial charge in [-0.05, 0) is 30.2 Å². The summed E-state index contributed by atoms with van der Waals surface area (Å²) < 4.78 is 0. The molecule has 1 aliphatic rings. The van der Waals surface area contributed by atoms with E-state index in [2.05, 4.69) is 0 Å². The van der Waals surface area contributed by atoms with Gasteiger partial charge in [0.1, 0.15) is 0 Å². The minimum atomic E-state index is -0.396. The molecule has 1 atom stereocenters. The second-order valence-corrected chi connectivity index (χ2v) is 5.05. The molecule has 2 rings (SSSR count). The Labute approximate surface area is 116 Å². The normalized spacial score (nSPS) is 19.7. The predicted molar refractivity (Wildman–Crippen MR) is 72.7 cm³/mol. The lowest BCUT2D eigenvalue weighted by Crippen LogP contribution is -2.27. The van der Waals surface area contributed by atoms with Crippen molar-refractivity contribution in [1.82, 2.24) is 4.90 Å². The van der Waals surface area contributed by atoms with Gasteiger partial charge in [-0.3, -0.25) is 4.79 Å². The van der Waals surface area contributed by atoms with Gasteiger partial charge in [-0.15, -0.1) is 0 Å². The van der Waals surface area contributed by atoms with Gasteiger partial charge < -0.3 is 10.0 Å². The summed E-state index contributed by atoms with van der Waals surface area (Å²) in [4.78, 5) is 13.4. The van der Waals surface area contributed by atoms with Crippen LogP contribution in [0.1, 0.15) is 12.0 Å². The average molecular weight is 286 g/mol. The first-order valence-electron chi connectivity index (χ1n) is 5.66. The largest absolute Gasteiger partial charge is 0.391 e. The standard InChI is InChI=1S/C13H13Cl2NO2/c14-11-3-1-9(7-12(11)15)2-4-13(18)16-6-5-10(17)8-16/h1-4,7,10,17H,5-6,8H2. The lowest BCUT2D eigenvalue weighted by Gasteiger charge is -2.12. The molecule has 0 spiro atoms. The first kappa shape index (κ1) is 13.4. The molecule has 1 aliphatic heterocycles. The van der Waals surface area contributed by atoms with Crippen molar-refractivity contribution in [3.63, 3.8) is 0 Å². The number of benzene rings is 1. The van der Waals surface area contributed by atoms with E-state index in [-0.39, 0.29) is 5.91 Å². The zero-order chi connectivity index (χ0) is 13.1. The molecule has 96 valence electrons. The Morgan fingerprint density at radius 3 is 2.78 bits per heavy atom. The van der Waals surface area contributed by atoms with Crippen LogP contribution < -0.4 is 0 Å². The minimum absolute atomic E-state index is 0.0994. The van der Waals surface area contributed by atoms with Gasteiger partial charge in [0, 0.05) is 19.2 Å². The Morgan fingerprint density at radius 1 is 1.39 bits per heavy atom. The maximum Gasteiger partial charge on any atom is 0.246 e. The molecule has 1 heterocycles. The highest BCUT2D eigenvalue weighted by atomic mass is 35.5. The van der Waals surface area contributed by atoms with Gasteiger partial charge in [0.2, 0.25) is 5.91 Å². The van der Waals surface area contributed by atoms with Crippen molar-refractivity contribution < 1.29 is 9.90 Å². The fourth-order valence-corrected chi connectivity index (χ4v) is 2.14. The number of β-amino-alcohol motifs (C(OH)–C–C–N with tert-alkyl or cyclic N) is 1. The molecule has 0 aromatic heterocycles. The van der Waals surface area contributed by atoms with Gasteiger partial charge in [-0.1, -0.05) is 29.3 Å². The molecule has 1 amide bonds. The van der Waals surface area contributed by atoms with Crippen LogP contribution in [0.25, 0.3) is 6.08 Å². The SMILES string of the molecule is O=C(C=Cc1ccc(Cl)c(Cl)c1)N1CCC(O)C1. The lowest BCUT2D eigenvalue weighted by atomic mass is 10.2. The van der Waals surface area contributed by atoms with Crippen LogP contribution in [0.2, 0.25) is 10.0 Å². The third-order valence-corrected chi connectivity index (χ3v) is 3.58. The van der Waals surface area contributed by atoms with Crippen molar-refractivity contribution >= 4 is 35.2 Å². The summed E-state index contributed by atoms with van der Waals surface area (Å²) in [5.41, 5.74) is 0.817. The molecule has 1 N–H and O–H groups in total. The molecule has 1 unspecified atom stereocenters. The van der Waals surface area contributed by atoms with E-state index in [0.717, 1.165) is 5.56 Å². The second kappa shape index (κ2) is 5.74. The number of carbonyl (C=O) groups excluding carboxylic acids is 1. The zero-order valence-corrected chi connectivity index (χ0v) is 11.2. The Kier molecular flexibility index (Phi) is 4.27. The molecule has 1 aromatic rings. The van der Waals surface area contributed by atoms with E-state index in [1.54, 1.807) is 29.2 Å². The molecule has 0 saturated carbocycles. The molecule has 3 nitrogen and oxygen atoms in total. The van der Waals surface area contributed by atoms with Crippen LogP contribution in [-0.4, -0.2) is 35.1 Å². The summed E-state index contributed by atoms with van der Waals surface area (Å²) in [5.74, 6) is -0.0994. The molecule has 1 fully saturated rings. The first-order valence-corrected chi connectivity index (χ1v) is 6.42. The van der Waals surface area contributed by atoms with Crippen LogP contribution in [-0.2, 0) is 4.79 Å². The van der Waals surface area contributed by atoms with Gasteiger partial charge in [0.15, 0.2) is 0 Å². The summed E-state index contributed by atoms with van der Waals surface area (Å²) in [6, 6.07) is 5.18. The van der Waals surface area contributed by atoms with Crippen molar-refractivity contribution in [3.8, 4) is 0 Å². The van der Waals surface area contributed by atoms with Crippen LogP contribution in [0.4, 0.5) is 0 Å². The molecular weight excluding hydrogens is 273 g/mol. The lowest BCUT2D eigenvalue weighted by molar-refractivity contribution is -0.125. The zero-order valence-electron chi connectivity index (χ0n) is 9.64. The third kappa shape index (κ3) is 3.25. The quantitative estimate of drug-likeness (QED) is 0.849. The smallest absolute Gasteiger partial charge is 0.246 e. The van der Waals surface area contributed by atoms with Crippen LogP contribution >= 0.6 is 23.2 Å². The van der Waals surface area contributed by atoms with E-state index >= 15 is 0 Å². The number of amides is 1. The maximum atomic E-state index is 11.8. The number of carbonyl (C=O) groups is 1. The Morgan fingerprint density at radius 2 is 2.17 bits per heavy atom. The molecular formula is C13H13Cl2NO2. The highest BCUT2D eigenvalue weighted by Crippen LogP contribution is 2.23. The van der Waals surface area contributed by atoms with Gasteiger partial charge in [0.25, 0.3) is 0 Å². The Hall–Kier alpha value is -1.03. The minimum Gasteiger partial charge on any atom is -0.391 e. The number of rotatable bonds is 2. The number of likely N-dealkylation sites (tertiary alicyclic amines) is 1. The summed E-state index contributed by atoms with van der Waals surface area (Å²) >= 11 is 11.7. The number of nitrogens with zero attached hydrogens (tertiary/aromatic N) is 1. The summed E-state index contributed by atoms with van der Waals surface area (Å²) in [6.07, 6.45) is 3.42. The fraction of sp³-hybridized carbons (Fsp3) is 0.308. The predicted octanol–water partition coefficient (Wildman–Crippen LogP) is 2.60. The highest BCUT2D eigenvalue weighted by molar-refractivity contribution is 6.42. The van der Waals surface area contributed by atoms with E-state index in [1.165, 1.54) is 6.08 Å². The Balaban J connectivity index is 2.02. The summed E-state index contributed by atoms with van der Waals surface area (Å²) in [6.45, 7) is 1.01. The fourth-order valence-electron chi connectivity index (χ4n) is 1.83. The topological polar surface area (TPSA) is 40.5 Å². The Bertz CT molecular complexity index is 488. The van der Waals surface area contributed by atoms with Crippen molar-refractivity contribution in [3.05, 3.63) is 39.9 Å².